The van der Waals surface area contributed by atoms with E-state index in [0.29, 0.717) is 30.6 Å². The van der Waals surface area contributed by atoms with Crippen molar-refractivity contribution in [2.75, 3.05) is 7.11 Å². The fourth-order valence-electron chi connectivity index (χ4n) is 3.79. The number of esters is 2. The normalized spacial score (nSPS) is 28.0. The molecule has 0 N–H and O–H groups in total. The lowest BCUT2D eigenvalue weighted by atomic mass is 9.90. The fraction of sp³-hybridized carbons (Fsp3) is 0.529. The summed E-state index contributed by atoms with van der Waals surface area (Å²) in [6.07, 6.45) is 1.22. The second-order valence-electron chi connectivity index (χ2n) is 6.49. The van der Waals surface area contributed by atoms with Gasteiger partial charge in [0.25, 0.3) is 0 Å². The van der Waals surface area contributed by atoms with Crippen LogP contribution in [-0.2, 0) is 27.3 Å². The monoisotopic (exact) mass is 318 g/mol. The van der Waals surface area contributed by atoms with Crippen LogP contribution in [0.5, 0.6) is 11.5 Å². The molecule has 0 bridgehead atoms. The Bertz CT molecular complexity index is 737. The first-order chi connectivity index (χ1) is 10.9. The summed E-state index contributed by atoms with van der Waals surface area (Å²) in [6, 6.07) is 0. The predicted molar refractivity (Wildman–Crippen MR) is 78.7 cm³/mol. The van der Waals surface area contributed by atoms with Gasteiger partial charge in [-0.2, -0.15) is 0 Å². The van der Waals surface area contributed by atoms with Crippen LogP contribution >= 0.6 is 0 Å². The third kappa shape index (κ3) is 1.87. The minimum Gasteiger partial charge on any atom is -0.496 e. The molecule has 0 amide bonds. The van der Waals surface area contributed by atoms with E-state index >= 15 is 0 Å². The van der Waals surface area contributed by atoms with Gasteiger partial charge in [0.05, 0.1) is 7.11 Å². The maximum Gasteiger partial charge on any atom is 0.342 e. The maximum atomic E-state index is 12.1. The van der Waals surface area contributed by atoms with Crippen molar-refractivity contribution in [1.29, 1.82) is 0 Å². The first-order valence-electron chi connectivity index (χ1n) is 7.72. The van der Waals surface area contributed by atoms with Gasteiger partial charge in [0.2, 0.25) is 0 Å². The molecule has 0 saturated carbocycles. The number of carbonyl (C=O) groups excluding carboxylic acids is 2. The summed E-state index contributed by atoms with van der Waals surface area (Å²) in [5, 5.41) is 0. The van der Waals surface area contributed by atoms with Crippen LogP contribution in [0.1, 0.15) is 46.8 Å². The van der Waals surface area contributed by atoms with Gasteiger partial charge in [-0.1, -0.05) is 0 Å². The van der Waals surface area contributed by atoms with Crippen LogP contribution < -0.4 is 9.47 Å². The molecule has 1 aromatic rings. The summed E-state index contributed by atoms with van der Waals surface area (Å²) < 4.78 is 22.3. The number of ether oxygens (including phenoxy) is 4. The maximum absolute atomic E-state index is 12.1. The third-order valence-corrected chi connectivity index (χ3v) is 5.13. The summed E-state index contributed by atoms with van der Waals surface area (Å²) in [4.78, 5) is 23.6. The van der Waals surface area contributed by atoms with Crippen LogP contribution in [0.25, 0.3) is 0 Å². The van der Waals surface area contributed by atoms with Crippen LogP contribution in [0.3, 0.4) is 0 Å². The lowest BCUT2D eigenvalue weighted by Gasteiger charge is -2.28. The summed E-state index contributed by atoms with van der Waals surface area (Å²) in [6.45, 7) is 4.04. The summed E-state index contributed by atoms with van der Waals surface area (Å²) in [5.41, 5.74) is 2.40. The molecule has 3 aliphatic rings. The Balaban J connectivity index is 1.81. The zero-order valence-corrected chi connectivity index (χ0v) is 13.4. The summed E-state index contributed by atoms with van der Waals surface area (Å²) >= 11 is 0. The van der Waals surface area contributed by atoms with Crippen molar-refractivity contribution < 1.29 is 28.5 Å². The molecule has 0 unspecified atom stereocenters. The molecule has 1 saturated heterocycles. The quantitative estimate of drug-likeness (QED) is 0.778. The molecule has 6 nitrogen and oxygen atoms in total. The Labute approximate surface area is 133 Å². The number of rotatable bonds is 2. The highest BCUT2D eigenvalue weighted by Crippen LogP contribution is 2.49. The molecule has 6 heteroatoms. The molecule has 4 rings (SSSR count). The Kier molecular flexibility index (Phi) is 2.89. The molecule has 1 fully saturated rings. The Morgan fingerprint density at radius 2 is 2.04 bits per heavy atom. The molecular formula is C17H18O6. The topological polar surface area (TPSA) is 71.1 Å². The van der Waals surface area contributed by atoms with Gasteiger partial charge >= 0.3 is 11.9 Å². The minimum absolute atomic E-state index is 0.208. The second kappa shape index (κ2) is 4.63. The molecule has 0 radical (unpaired) electrons. The molecule has 23 heavy (non-hydrogen) atoms. The van der Waals surface area contributed by atoms with Gasteiger partial charge in [0, 0.05) is 30.4 Å². The van der Waals surface area contributed by atoms with Gasteiger partial charge in [-0.05, 0) is 19.4 Å². The molecule has 0 aliphatic carbocycles. The zero-order valence-electron chi connectivity index (χ0n) is 13.4. The van der Waals surface area contributed by atoms with Gasteiger partial charge in [0.15, 0.2) is 0 Å². The van der Waals surface area contributed by atoms with E-state index in [2.05, 4.69) is 0 Å². The average Bonchev–Trinajstić information content (AvgIpc) is 3.18. The SMILES string of the molecule is COc1c(C)c2c(c3c1C[C@@H]([C@@]1(C)CCC(=O)O1)O3)C(=O)OC2. The van der Waals surface area contributed by atoms with E-state index in [0.717, 1.165) is 22.4 Å². The van der Waals surface area contributed by atoms with Crippen molar-refractivity contribution in [3.63, 3.8) is 0 Å². The predicted octanol–water partition coefficient (Wildman–Crippen LogP) is 2.07. The molecule has 3 aliphatic heterocycles. The number of methoxy groups -OCH3 is 1. The third-order valence-electron chi connectivity index (χ3n) is 5.13. The molecule has 3 heterocycles. The number of cyclic esters (lactones) is 2. The van der Waals surface area contributed by atoms with E-state index in [1.165, 1.54) is 0 Å². The molecule has 2 atom stereocenters. The van der Waals surface area contributed by atoms with Crippen molar-refractivity contribution >= 4 is 11.9 Å². The molecule has 0 spiro atoms. The standard InChI is InChI=1S/C17H18O6/c1-8-10-7-21-16(19)13(10)15-9(14(8)20-3)6-11(22-15)17(2)5-4-12(18)23-17/h11H,4-7H2,1-3H3/t11-,17+/m0/s1. The lowest BCUT2D eigenvalue weighted by Crippen LogP contribution is -2.42. The number of carbonyl (C=O) groups is 2. The molecule has 1 aromatic carbocycles. The average molecular weight is 318 g/mol. The smallest absolute Gasteiger partial charge is 0.342 e. The molecule has 122 valence electrons. The molecule has 0 aromatic heterocycles. The number of hydrogen-bond acceptors (Lipinski definition) is 6. The van der Waals surface area contributed by atoms with Crippen molar-refractivity contribution in [2.24, 2.45) is 0 Å². The Hall–Kier alpha value is -2.24. The first kappa shape index (κ1) is 14.4. The lowest BCUT2D eigenvalue weighted by molar-refractivity contribution is -0.153. The van der Waals surface area contributed by atoms with Crippen LogP contribution in [0.15, 0.2) is 0 Å². The minimum atomic E-state index is -0.676. The molecular weight excluding hydrogens is 300 g/mol. The van der Waals surface area contributed by atoms with Crippen LogP contribution in [0, 0.1) is 6.92 Å². The van der Waals surface area contributed by atoms with E-state index in [1.807, 2.05) is 13.8 Å². The van der Waals surface area contributed by atoms with Crippen molar-refractivity contribution in [3.05, 3.63) is 22.3 Å². The van der Waals surface area contributed by atoms with Gasteiger partial charge < -0.3 is 18.9 Å². The van der Waals surface area contributed by atoms with Gasteiger partial charge in [0.1, 0.15) is 35.4 Å². The fourth-order valence-corrected chi connectivity index (χ4v) is 3.79. The summed E-state index contributed by atoms with van der Waals surface area (Å²) in [7, 11) is 1.61. The Morgan fingerprint density at radius 1 is 1.26 bits per heavy atom. The van der Waals surface area contributed by atoms with Crippen molar-refractivity contribution in [1.82, 2.24) is 0 Å². The van der Waals surface area contributed by atoms with E-state index < -0.39 is 5.60 Å². The Morgan fingerprint density at radius 3 is 2.70 bits per heavy atom. The van der Waals surface area contributed by atoms with E-state index in [4.69, 9.17) is 18.9 Å². The second-order valence-corrected chi connectivity index (χ2v) is 6.49. The number of hydrogen-bond donors (Lipinski definition) is 0. The van der Waals surface area contributed by atoms with Crippen LogP contribution in [-0.4, -0.2) is 30.8 Å². The number of fused-ring (bicyclic) bond motifs is 3. The highest BCUT2D eigenvalue weighted by molar-refractivity contribution is 5.98. The van der Waals surface area contributed by atoms with Crippen LogP contribution in [0.2, 0.25) is 0 Å². The highest BCUT2D eigenvalue weighted by Gasteiger charge is 2.49. The van der Waals surface area contributed by atoms with E-state index in [-0.39, 0.29) is 24.6 Å². The van der Waals surface area contributed by atoms with Crippen molar-refractivity contribution in [2.45, 2.75) is 51.4 Å². The van der Waals surface area contributed by atoms with Gasteiger partial charge in [-0.25, -0.2) is 4.79 Å². The largest absolute Gasteiger partial charge is 0.496 e. The highest BCUT2D eigenvalue weighted by atomic mass is 16.6. The van der Waals surface area contributed by atoms with Crippen LogP contribution in [0.4, 0.5) is 0 Å². The number of benzene rings is 1. The van der Waals surface area contributed by atoms with E-state index in [1.54, 1.807) is 7.11 Å². The first-order valence-corrected chi connectivity index (χ1v) is 7.72. The van der Waals surface area contributed by atoms with Gasteiger partial charge in [-0.3, -0.25) is 4.79 Å². The summed E-state index contributed by atoms with van der Waals surface area (Å²) in [5.74, 6) is 0.683. The van der Waals surface area contributed by atoms with Crippen molar-refractivity contribution in [3.8, 4) is 11.5 Å². The zero-order chi connectivity index (χ0) is 16.4. The van der Waals surface area contributed by atoms with Gasteiger partial charge in [-0.15, -0.1) is 0 Å². The van der Waals surface area contributed by atoms with E-state index in [9.17, 15) is 9.59 Å².